The first kappa shape index (κ1) is 23.5. The molecule has 5 nitrogen and oxygen atoms in total. The molecule has 0 spiro atoms. The van der Waals surface area contributed by atoms with Crippen molar-refractivity contribution in [3.63, 3.8) is 0 Å². The lowest BCUT2D eigenvalue weighted by molar-refractivity contribution is -0.115. The molecule has 166 valence electrons. The summed E-state index contributed by atoms with van der Waals surface area (Å²) in [5, 5.41) is 9.73. The Kier molecular flexibility index (Phi) is 7.47. The van der Waals surface area contributed by atoms with E-state index in [1.54, 1.807) is 42.5 Å². The molecule has 2 aromatic carbocycles. The molecule has 10 heteroatoms. The van der Waals surface area contributed by atoms with Gasteiger partial charge >= 0.3 is 0 Å². The molecule has 33 heavy (non-hydrogen) atoms. The molecule has 0 aliphatic rings. The van der Waals surface area contributed by atoms with Gasteiger partial charge in [-0.05, 0) is 60.8 Å². The van der Waals surface area contributed by atoms with Gasteiger partial charge in [0.15, 0.2) is 10.2 Å². The summed E-state index contributed by atoms with van der Waals surface area (Å²) < 4.78 is 5.73. The third-order valence-corrected chi connectivity index (χ3v) is 6.09. The van der Waals surface area contributed by atoms with Crippen molar-refractivity contribution in [2.24, 2.45) is 0 Å². The van der Waals surface area contributed by atoms with E-state index in [1.165, 1.54) is 23.5 Å². The quantitative estimate of drug-likeness (QED) is 0.204. The first-order valence-electron chi connectivity index (χ1n) is 9.44. The Morgan fingerprint density at radius 2 is 1.79 bits per heavy atom. The minimum atomic E-state index is -0.413. The van der Waals surface area contributed by atoms with Crippen LogP contribution in [-0.2, 0) is 4.79 Å². The number of amides is 1. The van der Waals surface area contributed by atoms with Crippen LogP contribution in [0.5, 0.6) is 0 Å². The van der Waals surface area contributed by atoms with Gasteiger partial charge in [-0.15, -0.1) is 11.3 Å². The number of hydrogen-bond donors (Lipinski definition) is 2. The van der Waals surface area contributed by atoms with Gasteiger partial charge in [-0.3, -0.25) is 10.1 Å². The monoisotopic (exact) mass is 533 g/mol. The third-order valence-electron chi connectivity index (χ3n) is 4.32. The summed E-state index contributed by atoms with van der Waals surface area (Å²) >= 11 is 24.6. The van der Waals surface area contributed by atoms with E-state index < -0.39 is 5.91 Å². The van der Waals surface area contributed by atoms with E-state index in [2.05, 4.69) is 15.6 Å². The molecule has 0 aliphatic heterocycles. The van der Waals surface area contributed by atoms with Gasteiger partial charge in [-0.1, -0.05) is 46.9 Å². The lowest BCUT2D eigenvalue weighted by atomic mass is 10.2. The van der Waals surface area contributed by atoms with Crippen LogP contribution in [-0.4, -0.2) is 16.0 Å². The first-order chi connectivity index (χ1) is 15.9. The highest BCUT2D eigenvalue weighted by Crippen LogP contribution is 2.31. The van der Waals surface area contributed by atoms with Crippen molar-refractivity contribution in [3.8, 4) is 22.6 Å². The fourth-order valence-corrected chi connectivity index (χ4v) is 4.41. The summed E-state index contributed by atoms with van der Waals surface area (Å²) in [7, 11) is 0. The largest absolute Gasteiger partial charge is 0.457 e. The SMILES string of the molecule is O=C(/C=C/c1ccc(-c2ccc(Cl)cc2Cl)o1)NC(=S)Nc1nc(-c2ccc(Cl)cc2)cs1. The van der Waals surface area contributed by atoms with Gasteiger partial charge in [0.05, 0.1) is 10.7 Å². The molecule has 4 aromatic rings. The number of nitrogens with zero attached hydrogens (tertiary/aromatic N) is 1. The minimum Gasteiger partial charge on any atom is -0.457 e. The Labute approximate surface area is 214 Å². The topological polar surface area (TPSA) is 67.2 Å². The number of halogens is 3. The maximum Gasteiger partial charge on any atom is 0.250 e. The molecule has 4 rings (SSSR count). The average molecular weight is 535 g/mol. The van der Waals surface area contributed by atoms with Crippen LogP contribution in [0.15, 0.2) is 70.5 Å². The number of thiocarbonyl (C=S) groups is 1. The molecule has 0 radical (unpaired) electrons. The molecule has 2 aromatic heterocycles. The van der Waals surface area contributed by atoms with Crippen LogP contribution in [0.2, 0.25) is 15.1 Å². The zero-order chi connectivity index (χ0) is 23.4. The second kappa shape index (κ2) is 10.5. The number of nitrogens with one attached hydrogen (secondary N) is 2. The highest BCUT2D eigenvalue weighted by atomic mass is 35.5. The molecule has 2 N–H and O–H groups in total. The molecule has 0 unspecified atom stereocenters. The minimum absolute atomic E-state index is 0.134. The lowest BCUT2D eigenvalue weighted by Crippen LogP contribution is -2.32. The number of furan rings is 1. The predicted molar refractivity (Wildman–Crippen MR) is 140 cm³/mol. The molecule has 2 heterocycles. The zero-order valence-corrected chi connectivity index (χ0v) is 20.5. The summed E-state index contributed by atoms with van der Waals surface area (Å²) in [6.07, 6.45) is 2.86. The van der Waals surface area contributed by atoms with Gasteiger partial charge in [-0.25, -0.2) is 4.98 Å². The molecule has 0 fully saturated rings. The van der Waals surface area contributed by atoms with Crippen molar-refractivity contribution in [2.45, 2.75) is 0 Å². The second-order valence-corrected chi connectivity index (χ2v) is 9.19. The Morgan fingerprint density at radius 3 is 2.55 bits per heavy atom. The highest BCUT2D eigenvalue weighted by molar-refractivity contribution is 7.80. The number of hydrogen-bond acceptors (Lipinski definition) is 5. The maximum absolute atomic E-state index is 12.2. The Balaban J connectivity index is 1.33. The third kappa shape index (κ3) is 6.22. The first-order valence-corrected chi connectivity index (χ1v) is 11.9. The Hall–Kier alpha value is -2.68. The molecular formula is C23H14Cl3N3O2S2. The van der Waals surface area contributed by atoms with Gasteiger partial charge < -0.3 is 9.73 Å². The number of rotatable bonds is 5. The molecule has 0 saturated heterocycles. The fraction of sp³-hybridized carbons (Fsp3) is 0. The van der Waals surface area contributed by atoms with E-state index in [1.807, 2.05) is 17.5 Å². The standard InChI is InChI=1S/C23H14Cl3N3O2S2/c24-14-3-1-13(2-4-14)19-12-33-23(27-19)29-22(32)28-21(30)10-7-16-6-9-20(31-16)17-8-5-15(25)11-18(17)26/h1-12H,(H2,27,28,29,30,32)/b10-7+. The Morgan fingerprint density at radius 1 is 1.03 bits per heavy atom. The van der Waals surface area contributed by atoms with Gasteiger partial charge in [0.25, 0.3) is 0 Å². The number of benzene rings is 2. The van der Waals surface area contributed by atoms with Gasteiger partial charge in [0, 0.05) is 32.6 Å². The van der Waals surface area contributed by atoms with Crippen LogP contribution in [0.3, 0.4) is 0 Å². The summed E-state index contributed by atoms with van der Waals surface area (Å²) in [6, 6.07) is 16.0. The zero-order valence-electron chi connectivity index (χ0n) is 16.6. The van der Waals surface area contributed by atoms with Gasteiger partial charge in [-0.2, -0.15) is 0 Å². The van der Waals surface area contributed by atoms with E-state index >= 15 is 0 Å². The van der Waals surface area contributed by atoms with Crippen LogP contribution < -0.4 is 10.6 Å². The average Bonchev–Trinajstić information content (AvgIpc) is 3.42. The summed E-state index contributed by atoms with van der Waals surface area (Å²) in [5.74, 6) is 0.635. The van der Waals surface area contributed by atoms with Crippen LogP contribution in [0.1, 0.15) is 5.76 Å². The predicted octanol–water partition coefficient (Wildman–Crippen LogP) is 7.56. The van der Waals surface area contributed by atoms with E-state index in [4.69, 9.17) is 51.4 Å². The molecule has 0 aliphatic carbocycles. The fourth-order valence-electron chi connectivity index (χ4n) is 2.80. The van der Waals surface area contributed by atoms with Crippen LogP contribution in [0, 0.1) is 0 Å². The van der Waals surface area contributed by atoms with Crippen molar-refractivity contribution in [1.82, 2.24) is 10.3 Å². The number of thiazole rings is 1. The maximum atomic E-state index is 12.2. The van der Waals surface area contributed by atoms with Crippen LogP contribution in [0.25, 0.3) is 28.7 Å². The summed E-state index contributed by atoms with van der Waals surface area (Å²) in [4.78, 5) is 16.7. The van der Waals surface area contributed by atoms with E-state index in [-0.39, 0.29) is 5.11 Å². The van der Waals surface area contributed by atoms with Crippen molar-refractivity contribution >= 4 is 80.6 Å². The normalized spacial score (nSPS) is 11.0. The van der Waals surface area contributed by atoms with Crippen molar-refractivity contribution in [1.29, 1.82) is 0 Å². The van der Waals surface area contributed by atoms with Crippen molar-refractivity contribution in [3.05, 3.63) is 86.9 Å². The van der Waals surface area contributed by atoms with E-state index in [0.717, 1.165) is 11.3 Å². The van der Waals surface area contributed by atoms with Crippen molar-refractivity contribution < 1.29 is 9.21 Å². The molecule has 1 amide bonds. The van der Waals surface area contributed by atoms with E-state index in [9.17, 15) is 4.79 Å². The summed E-state index contributed by atoms with van der Waals surface area (Å²) in [6.45, 7) is 0. The molecule has 0 bridgehead atoms. The number of aromatic nitrogens is 1. The van der Waals surface area contributed by atoms with Crippen LogP contribution >= 0.6 is 58.4 Å². The highest BCUT2D eigenvalue weighted by Gasteiger charge is 2.10. The molecule has 0 saturated carbocycles. The van der Waals surface area contributed by atoms with Gasteiger partial charge in [0.1, 0.15) is 11.5 Å². The van der Waals surface area contributed by atoms with E-state index in [0.29, 0.717) is 37.3 Å². The smallest absolute Gasteiger partial charge is 0.250 e. The molecular weight excluding hydrogens is 521 g/mol. The second-order valence-electron chi connectivity index (χ2n) is 6.65. The lowest BCUT2D eigenvalue weighted by Gasteiger charge is -2.04. The number of carbonyl (C=O) groups is 1. The number of carbonyl (C=O) groups excluding carboxylic acids is 1. The van der Waals surface area contributed by atoms with Crippen LogP contribution in [0.4, 0.5) is 5.13 Å². The van der Waals surface area contributed by atoms with Gasteiger partial charge in [0.2, 0.25) is 5.91 Å². The van der Waals surface area contributed by atoms with Crippen molar-refractivity contribution in [2.75, 3.05) is 5.32 Å². The number of anilines is 1. The Bertz CT molecular complexity index is 1350. The summed E-state index contributed by atoms with van der Waals surface area (Å²) in [5.41, 5.74) is 2.42. The molecule has 0 atom stereocenters.